The lowest BCUT2D eigenvalue weighted by Gasteiger charge is -2.32. The molecule has 1 aliphatic heterocycles. The van der Waals surface area contributed by atoms with Gasteiger partial charge >= 0.3 is 6.09 Å². The van der Waals surface area contributed by atoms with E-state index in [1.165, 1.54) is 4.31 Å². The largest absolute Gasteiger partial charge is 0.444 e. The minimum absolute atomic E-state index is 0.0744. The van der Waals surface area contributed by atoms with Crippen LogP contribution in [0.1, 0.15) is 39.2 Å². The van der Waals surface area contributed by atoms with Crippen molar-refractivity contribution in [2.45, 2.75) is 49.4 Å². The quantitative estimate of drug-likeness (QED) is 0.701. The lowest BCUT2D eigenvalue weighted by atomic mass is 10.00. The molecule has 1 saturated heterocycles. The van der Waals surface area contributed by atoms with Crippen LogP contribution in [0.25, 0.3) is 0 Å². The Bertz CT molecular complexity index is 731. The van der Waals surface area contributed by atoms with E-state index >= 15 is 0 Å². The van der Waals surface area contributed by atoms with E-state index in [9.17, 15) is 13.2 Å². The van der Waals surface area contributed by atoms with E-state index in [0.717, 1.165) is 18.4 Å². The van der Waals surface area contributed by atoms with Gasteiger partial charge in [0.25, 0.3) is 0 Å². The van der Waals surface area contributed by atoms with Crippen molar-refractivity contribution in [3.63, 3.8) is 0 Å². The normalized spacial score (nSPS) is 19.2. The average molecular weight is 447 g/mol. The molecule has 0 bridgehead atoms. The molecule has 1 amide bonds. The zero-order valence-electron chi connectivity index (χ0n) is 15.5. The number of sulfonamides is 1. The number of hydrogen-bond acceptors (Lipinski definition) is 4. The van der Waals surface area contributed by atoms with Crippen LogP contribution in [0.3, 0.4) is 0 Å². The van der Waals surface area contributed by atoms with Crippen molar-refractivity contribution in [2.24, 2.45) is 5.92 Å². The Kier molecular flexibility index (Phi) is 7.10. The number of alkyl halides is 1. The number of nitrogens with zero attached hydrogens (tertiary/aromatic N) is 1. The van der Waals surface area contributed by atoms with Gasteiger partial charge in [-0.25, -0.2) is 13.2 Å². The molecular formula is C18H27BrN2O4S. The van der Waals surface area contributed by atoms with Gasteiger partial charge in [-0.2, -0.15) is 4.31 Å². The molecule has 1 N–H and O–H groups in total. The van der Waals surface area contributed by atoms with E-state index in [1.807, 2.05) is 26.8 Å². The summed E-state index contributed by atoms with van der Waals surface area (Å²) in [6.07, 6.45) is 1.18. The van der Waals surface area contributed by atoms with Gasteiger partial charge in [0, 0.05) is 25.0 Å². The summed E-state index contributed by atoms with van der Waals surface area (Å²) in [5.41, 5.74) is 0.373. The SMILES string of the molecule is CC(C)(C)OC(=O)NCC1CCCN(S(=O)(=O)c2cccc(CBr)c2)C1. The van der Waals surface area contributed by atoms with Gasteiger partial charge < -0.3 is 10.1 Å². The van der Waals surface area contributed by atoms with Crippen LogP contribution in [0.5, 0.6) is 0 Å². The highest BCUT2D eigenvalue weighted by molar-refractivity contribution is 9.08. The van der Waals surface area contributed by atoms with Crippen LogP contribution in [-0.4, -0.2) is 44.1 Å². The Morgan fingerprint density at radius 2 is 2.12 bits per heavy atom. The first-order chi connectivity index (χ1) is 12.1. The Morgan fingerprint density at radius 1 is 1.38 bits per heavy atom. The maximum absolute atomic E-state index is 12.9. The lowest BCUT2D eigenvalue weighted by molar-refractivity contribution is 0.0513. The predicted molar refractivity (Wildman–Crippen MR) is 105 cm³/mol. The van der Waals surface area contributed by atoms with Gasteiger partial charge in [0.05, 0.1) is 4.90 Å². The Labute approximate surface area is 164 Å². The molecule has 6 nitrogen and oxygen atoms in total. The first kappa shape index (κ1) is 21.2. The van der Waals surface area contributed by atoms with Crippen molar-refractivity contribution in [2.75, 3.05) is 19.6 Å². The van der Waals surface area contributed by atoms with E-state index < -0.39 is 21.7 Å². The standard InChI is InChI=1S/C18H27BrN2O4S/c1-18(2,3)25-17(22)20-12-15-7-5-9-21(13-15)26(23,24)16-8-4-6-14(10-16)11-19/h4,6,8,10,15H,5,7,9,11-13H2,1-3H3,(H,20,22). The monoisotopic (exact) mass is 446 g/mol. The molecule has 0 spiro atoms. The molecule has 1 unspecified atom stereocenters. The molecule has 0 radical (unpaired) electrons. The predicted octanol–water partition coefficient (Wildman–Crippen LogP) is 3.51. The number of piperidine rings is 1. The van der Waals surface area contributed by atoms with Crippen LogP contribution in [0.2, 0.25) is 0 Å². The van der Waals surface area contributed by atoms with Crippen molar-refractivity contribution >= 4 is 32.0 Å². The number of alkyl carbamates (subject to hydrolysis) is 1. The first-order valence-corrected chi connectivity index (χ1v) is 11.3. The van der Waals surface area contributed by atoms with Gasteiger partial charge in [-0.1, -0.05) is 28.1 Å². The number of amides is 1. The number of rotatable bonds is 5. The molecule has 146 valence electrons. The maximum Gasteiger partial charge on any atom is 0.407 e. The summed E-state index contributed by atoms with van der Waals surface area (Å²) in [7, 11) is -3.53. The number of benzene rings is 1. The number of carbonyl (C=O) groups excluding carboxylic acids is 1. The Balaban J connectivity index is 1.99. The number of halogens is 1. The molecule has 1 aliphatic rings. The second-order valence-electron chi connectivity index (χ2n) is 7.54. The number of carbonyl (C=O) groups is 1. The second kappa shape index (κ2) is 8.71. The van der Waals surface area contributed by atoms with Crippen molar-refractivity contribution < 1.29 is 17.9 Å². The number of hydrogen-bond donors (Lipinski definition) is 1. The third-order valence-corrected chi connectivity index (χ3v) is 6.61. The van der Waals surface area contributed by atoms with Crippen LogP contribution < -0.4 is 5.32 Å². The van der Waals surface area contributed by atoms with Crippen molar-refractivity contribution in [1.82, 2.24) is 9.62 Å². The summed E-state index contributed by atoms with van der Waals surface area (Å²) >= 11 is 3.36. The number of ether oxygens (including phenoxy) is 1. The van der Waals surface area contributed by atoms with E-state index in [1.54, 1.807) is 18.2 Å². The zero-order valence-corrected chi connectivity index (χ0v) is 17.9. The molecule has 1 aromatic rings. The zero-order chi connectivity index (χ0) is 19.4. The lowest BCUT2D eigenvalue weighted by Crippen LogP contribution is -2.44. The summed E-state index contributed by atoms with van der Waals surface area (Å²) in [4.78, 5) is 12.1. The molecular weight excluding hydrogens is 420 g/mol. The van der Waals surface area contributed by atoms with Gasteiger partial charge in [0.15, 0.2) is 0 Å². The van der Waals surface area contributed by atoms with E-state index in [-0.39, 0.29) is 5.92 Å². The van der Waals surface area contributed by atoms with Crippen molar-refractivity contribution in [1.29, 1.82) is 0 Å². The molecule has 1 fully saturated rings. The van der Waals surface area contributed by atoms with Gasteiger partial charge in [-0.15, -0.1) is 0 Å². The highest BCUT2D eigenvalue weighted by atomic mass is 79.9. The summed E-state index contributed by atoms with van der Waals surface area (Å²) in [5.74, 6) is 0.0744. The van der Waals surface area contributed by atoms with E-state index in [0.29, 0.717) is 29.9 Å². The van der Waals surface area contributed by atoms with Gasteiger partial charge in [-0.3, -0.25) is 0 Å². The van der Waals surface area contributed by atoms with Crippen LogP contribution in [-0.2, 0) is 20.1 Å². The van der Waals surface area contributed by atoms with Gasteiger partial charge in [0.2, 0.25) is 10.0 Å². The third kappa shape index (κ3) is 5.96. The second-order valence-corrected chi connectivity index (χ2v) is 10.0. The third-order valence-electron chi connectivity index (χ3n) is 4.11. The summed E-state index contributed by atoms with van der Waals surface area (Å²) in [5, 5.41) is 3.36. The minimum atomic E-state index is -3.53. The Morgan fingerprint density at radius 3 is 2.77 bits per heavy atom. The molecule has 8 heteroatoms. The van der Waals surface area contributed by atoms with Crippen LogP contribution in [0, 0.1) is 5.92 Å². The summed E-state index contributed by atoms with van der Waals surface area (Å²) < 4.78 is 32.6. The van der Waals surface area contributed by atoms with Gasteiger partial charge in [0.1, 0.15) is 5.60 Å². The van der Waals surface area contributed by atoms with E-state index in [4.69, 9.17) is 4.74 Å². The first-order valence-electron chi connectivity index (χ1n) is 8.74. The fourth-order valence-electron chi connectivity index (χ4n) is 2.89. The molecule has 26 heavy (non-hydrogen) atoms. The average Bonchev–Trinajstić information content (AvgIpc) is 2.59. The van der Waals surface area contributed by atoms with E-state index in [2.05, 4.69) is 21.2 Å². The maximum atomic E-state index is 12.9. The van der Waals surface area contributed by atoms with Gasteiger partial charge in [-0.05, 0) is 57.2 Å². The molecule has 0 aromatic heterocycles. The minimum Gasteiger partial charge on any atom is -0.444 e. The smallest absolute Gasteiger partial charge is 0.407 e. The fourth-order valence-corrected chi connectivity index (χ4v) is 4.87. The van der Waals surface area contributed by atoms with Crippen LogP contribution in [0.15, 0.2) is 29.2 Å². The van der Waals surface area contributed by atoms with Crippen LogP contribution >= 0.6 is 15.9 Å². The molecule has 2 rings (SSSR count). The van der Waals surface area contributed by atoms with Crippen molar-refractivity contribution in [3.05, 3.63) is 29.8 Å². The summed E-state index contributed by atoms with van der Waals surface area (Å²) in [6, 6.07) is 6.98. The molecule has 1 aromatic carbocycles. The highest BCUT2D eigenvalue weighted by Gasteiger charge is 2.30. The summed E-state index contributed by atoms with van der Waals surface area (Å²) in [6.45, 7) is 6.73. The molecule has 0 aliphatic carbocycles. The number of nitrogens with one attached hydrogen (secondary N) is 1. The van der Waals surface area contributed by atoms with Crippen molar-refractivity contribution in [3.8, 4) is 0 Å². The fraction of sp³-hybridized carbons (Fsp3) is 0.611. The Hall–Kier alpha value is -1.12. The molecule has 0 saturated carbocycles. The van der Waals surface area contributed by atoms with Crippen LogP contribution in [0.4, 0.5) is 4.79 Å². The molecule has 1 atom stereocenters. The molecule has 1 heterocycles. The highest BCUT2D eigenvalue weighted by Crippen LogP contribution is 2.24. The topological polar surface area (TPSA) is 75.7 Å².